The topological polar surface area (TPSA) is 58.9 Å². The monoisotopic (exact) mass is 312 g/mol. The maximum atomic E-state index is 12.2. The molecular weight excluding hydrogens is 300 g/mol. The number of rotatable bonds is 5. The number of hydrogen-bond donors (Lipinski definition) is 2. The van der Waals surface area contributed by atoms with Crippen LogP contribution in [0.1, 0.15) is 5.56 Å². The molecule has 0 fully saturated rings. The molecule has 0 radical (unpaired) electrons. The van der Waals surface area contributed by atoms with Crippen molar-refractivity contribution >= 4 is 12.6 Å². The Morgan fingerprint density at radius 3 is 2.27 bits per heavy atom. The molecule has 2 aromatic rings. The molecule has 0 bridgehead atoms. The van der Waals surface area contributed by atoms with Crippen molar-refractivity contribution in [3.8, 4) is 11.5 Å². The lowest BCUT2D eigenvalue weighted by atomic mass is 9.79. The van der Waals surface area contributed by atoms with Gasteiger partial charge in [0, 0.05) is 5.46 Å². The standard InChI is InChI=1S/C14H12BF3O4/c16-14(17,18)22-13-7-6-11(8-12(13)15(19)20)21-9-10-4-2-1-3-5-10/h1-8,19-20H,9H2. The van der Waals surface area contributed by atoms with E-state index in [9.17, 15) is 13.2 Å². The predicted octanol–water partition coefficient (Wildman–Crippen LogP) is 1.84. The van der Waals surface area contributed by atoms with E-state index in [0.29, 0.717) is 0 Å². The summed E-state index contributed by atoms with van der Waals surface area (Å²) in [4.78, 5) is 0. The van der Waals surface area contributed by atoms with E-state index in [0.717, 1.165) is 17.7 Å². The Hall–Kier alpha value is -2.19. The molecule has 0 spiro atoms. The van der Waals surface area contributed by atoms with Gasteiger partial charge in [-0.15, -0.1) is 13.2 Å². The highest BCUT2D eigenvalue weighted by Gasteiger charge is 2.33. The van der Waals surface area contributed by atoms with Crippen LogP contribution in [-0.4, -0.2) is 23.5 Å². The summed E-state index contributed by atoms with van der Waals surface area (Å²) in [7, 11) is -2.11. The maximum absolute atomic E-state index is 12.2. The zero-order valence-electron chi connectivity index (χ0n) is 11.2. The molecule has 2 aromatic carbocycles. The van der Waals surface area contributed by atoms with E-state index in [4.69, 9.17) is 14.8 Å². The molecule has 8 heteroatoms. The summed E-state index contributed by atoms with van der Waals surface area (Å²) in [5.74, 6) is -0.490. The second kappa shape index (κ2) is 6.72. The zero-order valence-corrected chi connectivity index (χ0v) is 11.2. The lowest BCUT2D eigenvalue weighted by Gasteiger charge is -2.14. The predicted molar refractivity (Wildman–Crippen MR) is 73.7 cm³/mol. The second-order valence-electron chi connectivity index (χ2n) is 4.40. The zero-order chi connectivity index (χ0) is 16.2. The van der Waals surface area contributed by atoms with Crippen LogP contribution in [0.5, 0.6) is 11.5 Å². The van der Waals surface area contributed by atoms with Gasteiger partial charge in [0.05, 0.1) is 0 Å². The first kappa shape index (κ1) is 16.2. The minimum absolute atomic E-state index is 0.196. The lowest BCUT2D eigenvalue weighted by Crippen LogP contribution is -2.33. The lowest BCUT2D eigenvalue weighted by molar-refractivity contribution is -0.274. The third kappa shape index (κ3) is 4.68. The molecule has 0 aromatic heterocycles. The van der Waals surface area contributed by atoms with Gasteiger partial charge in [-0.1, -0.05) is 30.3 Å². The molecule has 0 aliphatic heterocycles. The summed E-state index contributed by atoms with van der Waals surface area (Å²) in [6, 6.07) is 12.5. The van der Waals surface area contributed by atoms with Crippen molar-refractivity contribution < 1.29 is 32.7 Å². The third-order valence-corrected chi connectivity index (χ3v) is 2.73. The van der Waals surface area contributed by atoms with Gasteiger partial charge in [-0.25, -0.2) is 0 Å². The fourth-order valence-electron chi connectivity index (χ4n) is 1.78. The molecule has 0 saturated heterocycles. The van der Waals surface area contributed by atoms with Gasteiger partial charge in [0.15, 0.2) is 0 Å². The van der Waals surface area contributed by atoms with Crippen LogP contribution in [0.15, 0.2) is 48.5 Å². The minimum Gasteiger partial charge on any atom is -0.489 e. The van der Waals surface area contributed by atoms with Gasteiger partial charge < -0.3 is 19.5 Å². The second-order valence-corrected chi connectivity index (χ2v) is 4.40. The molecule has 22 heavy (non-hydrogen) atoms. The number of alkyl halides is 3. The van der Waals surface area contributed by atoms with Crippen LogP contribution in [0.3, 0.4) is 0 Å². The SMILES string of the molecule is OB(O)c1cc(OCc2ccccc2)ccc1OC(F)(F)F. The van der Waals surface area contributed by atoms with Gasteiger partial charge in [0.2, 0.25) is 0 Å². The highest BCUT2D eigenvalue weighted by molar-refractivity contribution is 6.59. The van der Waals surface area contributed by atoms with Gasteiger partial charge >= 0.3 is 13.5 Å². The summed E-state index contributed by atoms with van der Waals surface area (Å²) in [5.41, 5.74) is 0.437. The Kier molecular flexibility index (Phi) is 4.94. The molecule has 0 aliphatic rings. The number of hydrogen-bond acceptors (Lipinski definition) is 4. The first-order valence-corrected chi connectivity index (χ1v) is 6.28. The highest BCUT2D eigenvalue weighted by atomic mass is 19.4. The molecular formula is C14H12BF3O4. The summed E-state index contributed by atoms with van der Waals surface area (Å²) in [6.45, 7) is 0.196. The molecule has 4 nitrogen and oxygen atoms in total. The van der Waals surface area contributed by atoms with E-state index in [2.05, 4.69) is 4.74 Å². The summed E-state index contributed by atoms with van der Waals surface area (Å²) >= 11 is 0. The first-order chi connectivity index (χ1) is 10.3. The van der Waals surface area contributed by atoms with E-state index < -0.39 is 24.7 Å². The number of ether oxygens (including phenoxy) is 2. The Labute approximate surface area is 124 Å². The summed E-state index contributed by atoms with van der Waals surface area (Å²) < 4.78 is 45.9. The molecule has 0 unspecified atom stereocenters. The van der Waals surface area contributed by atoms with Crippen LogP contribution in [0.25, 0.3) is 0 Å². The Bertz CT molecular complexity index is 617. The van der Waals surface area contributed by atoms with Gasteiger partial charge in [-0.2, -0.15) is 0 Å². The van der Waals surface area contributed by atoms with E-state index in [1.165, 1.54) is 6.07 Å². The normalized spacial score (nSPS) is 11.1. The summed E-state index contributed by atoms with van der Waals surface area (Å²) in [6.07, 6.45) is -4.92. The van der Waals surface area contributed by atoms with Crippen LogP contribution in [0.4, 0.5) is 13.2 Å². The molecule has 0 aliphatic carbocycles. The van der Waals surface area contributed by atoms with E-state index >= 15 is 0 Å². The fraction of sp³-hybridized carbons (Fsp3) is 0.143. The van der Waals surface area contributed by atoms with Crippen molar-refractivity contribution in [2.24, 2.45) is 0 Å². The average molecular weight is 312 g/mol. The van der Waals surface area contributed by atoms with Crippen LogP contribution >= 0.6 is 0 Å². The number of benzene rings is 2. The van der Waals surface area contributed by atoms with Gasteiger partial charge in [-0.3, -0.25) is 0 Å². The van der Waals surface area contributed by atoms with Crippen LogP contribution < -0.4 is 14.9 Å². The van der Waals surface area contributed by atoms with Crippen molar-refractivity contribution in [1.29, 1.82) is 0 Å². The van der Waals surface area contributed by atoms with Crippen molar-refractivity contribution in [3.63, 3.8) is 0 Å². The smallest absolute Gasteiger partial charge is 0.489 e. The maximum Gasteiger partial charge on any atom is 0.573 e. The molecule has 2 rings (SSSR count). The van der Waals surface area contributed by atoms with Crippen molar-refractivity contribution in [2.75, 3.05) is 0 Å². The van der Waals surface area contributed by atoms with E-state index in [1.807, 2.05) is 30.3 Å². The van der Waals surface area contributed by atoms with Crippen LogP contribution in [0, 0.1) is 0 Å². The molecule has 0 amide bonds. The average Bonchev–Trinajstić information content (AvgIpc) is 2.45. The quantitative estimate of drug-likeness (QED) is 0.827. The van der Waals surface area contributed by atoms with Crippen molar-refractivity contribution in [3.05, 3.63) is 54.1 Å². The minimum atomic E-state index is -4.92. The Morgan fingerprint density at radius 2 is 1.68 bits per heavy atom. The van der Waals surface area contributed by atoms with Crippen molar-refractivity contribution in [2.45, 2.75) is 13.0 Å². The van der Waals surface area contributed by atoms with Gasteiger partial charge in [0.25, 0.3) is 0 Å². The summed E-state index contributed by atoms with van der Waals surface area (Å²) in [5, 5.41) is 18.3. The first-order valence-electron chi connectivity index (χ1n) is 6.28. The van der Waals surface area contributed by atoms with Gasteiger partial charge in [-0.05, 0) is 23.8 Å². The van der Waals surface area contributed by atoms with Gasteiger partial charge in [0.1, 0.15) is 18.1 Å². The Balaban J connectivity index is 2.15. The van der Waals surface area contributed by atoms with Crippen molar-refractivity contribution in [1.82, 2.24) is 0 Å². The third-order valence-electron chi connectivity index (χ3n) is 2.73. The van der Waals surface area contributed by atoms with Crippen LogP contribution in [0.2, 0.25) is 0 Å². The Morgan fingerprint density at radius 1 is 1.00 bits per heavy atom. The number of halogens is 3. The molecule has 0 saturated carbocycles. The van der Waals surface area contributed by atoms with E-state index in [-0.39, 0.29) is 12.4 Å². The van der Waals surface area contributed by atoms with E-state index in [1.54, 1.807) is 0 Å². The molecule has 2 N–H and O–H groups in total. The molecule has 116 valence electrons. The molecule has 0 atom stereocenters. The largest absolute Gasteiger partial charge is 0.573 e. The van der Waals surface area contributed by atoms with Crippen LogP contribution in [-0.2, 0) is 6.61 Å². The highest BCUT2D eigenvalue weighted by Crippen LogP contribution is 2.24. The molecule has 0 heterocycles. The fourth-order valence-corrected chi connectivity index (χ4v) is 1.78.